The van der Waals surface area contributed by atoms with Crippen molar-refractivity contribution in [2.45, 2.75) is 20.3 Å². The van der Waals surface area contributed by atoms with E-state index in [1.54, 1.807) is 17.0 Å². The van der Waals surface area contributed by atoms with Gasteiger partial charge in [0.05, 0.1) is 16.6 Å². The van der Waals surface area contributed by atoms with Gasteiger partial charge in [0.15, 0.2) is 6.61 Å². The Bertz CT molecular complexity index is 957. The lowest BCUT2D eigenvalue weighted by Gasteiger charge is -2.21. The average molecular weight is 435 g/mol. The smallest absolute Gasteiger partial charge is 0.311 e. The van der Waals surface area contributed by atoms with Crippen LogP contribution in [0.2, 0.25) is 10.0 Å². The minimum atomic E-state index is -0.621. The van der Waals surface area contributed by atoms with Gasteiger partial charge in [-0.25, -0.2) is 0 Å². The third-order valence-corrected chi connectivity index (χ3v) is 5.28. The number of para-hydroxylation sites is 1. The van der Waals surface area contributed by atoms with Gasteiger partial charge in [-0.15, -0.1) is 0 Å². The van der Waals surface area contributed by atoms with Crippen LogP contribution in [-0.4, -0.2) is 30.9 Å². The molecule has 1 fully saturated rings. The summed E-state index contributed by atoms with van der Waals surface area (Å²) >= 11 is 11.9. The number of nitrogens with zero attached hydrogens (tertiary/aromatic N) is 1. The van der Waals surface area contributed by atoms with Gasteiger partial charge < -0.3 is 15.0 Å². The molecule has 1 atom stereocenters. The highest BCUT2D eigenvalue weighted by Gasteiger charge is 2.37. The third kappa shape index (κ3) is 4.89. The number of carbonyl (C=O) groups is 3. The van der Waals surface area contributed by atoms with Gasteiger partial charge in [0.25, 0.3) is 5.91 Å². The zero-order valence-electron chi connectivity index (χ0n) is 16.0. The molecule has 6 nitrogen and oxygen atoms in total. The quantitative estimate of drug-likeness (QED) is 0.717. The maximum Gasteiger partial charge on any atom is 0.311 e. The van der Waals surface area contributed by atoms with E-state index in [-0.39, 0.29) is 18.9 Å². The van der Waals surface area contributed by atoms with E-state index in [2.05, 4.69) is 5.32 Å². The lowest BCUT2D eigenvalue weighted by molar-refractivity contribution is -0.151. The molecule has 1 heterocycles. The highest BCUT2D eigenvalue weighted by molar-refractivity contribution is 6.35. The van der Waals surface area contributed by atoms with Crippen LogP contribution in [0.3, 0.4) is 0 Å². The molecular weight excluding hydrogens is 415 g/mol. The number of carbonyl (C=O) groups excluding carboxylic acids is 3. The van der Waals surface area contributed by atoms with Crippen molar-refractivity contribution >= 4 is 52.4 Å². The number of halogens is 2. The first-order chi connectivity index (χ1) is 13.8. The van der Waals surface area contributed by atoms with Crippen LogP contribution >= 0.6 is 23.2 Å². The molecule has 0 saturated carbocycles. The zero-order chi connectivity index (χ0) is 21.1. The van der Waals surface area contributed by atoms with E-state index in [1.807, 2.05) is 32.0 Å². The van der Waals surface area contributed by atoms with Gasteiger partial charge in [0.1, 0.15) is 0 Å². The molecule has 0 bridgehead atoms. The number of amides is 2. The lowest BCUT2D eigenvalue weighted by atomic mass is 10.1. The van der Waals surface area contributed by atoms with E-state index < -0.39 is 24.4 Å². The fourth-order valence-corrected chi connectivity index (χ4v) is 3.68. The van der Waals surface area contributed by atoms with Crippen LogP contribution < -0.4 is 10.2 Å². The lowest BCUT2D eigenvalue weighted by Crippen LogP contribution is -2.29. The number of esters is 1. The molecule has 1 aliphatic heterocycles. The fourth-order valence-electron chi connectivity index (χ4n) is 3.35. The molecule has 1 saturated heterocycles. The summed E-state index contributed by atoms with van der Waals surface area (Å²) in [6.45, 7) is 3.60. The summed E-state index contributed by atoms with van der Waals surface area (Å²) < 4.78 is 5.12. The van der Waals surface area contributed by atoms with Crippen molar-refractivity contribution in [1.29, 1.82) is 0 Å². The second kappa shape index (κ2) is 8.84. The standard InChI is InChI=1S/C21H20Cl2N2O4/c1-12-4-3-5-13(2)20(12)25-10-14(8-19(25)27)21(28)29-11-18(26)24-17-9-15(22)6-7-16(17)23/h3-7,9,14H,8,10-11H2,1-2H3,(H,24,26)/t14-/m0/s1. The molecule has 3 rings (SSSR count). The molecule has 152 valence electrons. The first-order valence-corrected chi connectivity index (χ1v) is 9.80. The second-order valence-electron chi connectivity index (χ2n) is 6.93. The Labute approximate surface area is 178 Å². The van der Waals surface area contributed by atoms with Gasteiger partial charge in [-0.1, -0.05) is 41.4 Å². The fraction of sp³-hybridized carbons (Fsp3) is 0.286. The Morgan fingerprint density at radius 3 is 2.55 bits per heavy atom. The van der Waals surface area contributed by atoms with Crippen LogP contribution in [0, 0.1) is 19.8 Å². The molecule has 0 spiro atoms. The highest BCUT2D eigenvalue weighted by atomic mass is 35.5. The largest absolute Gasteiger partial charge is 0.455 e. The first-order valence-electron chi connectivity index (χ1n) is 9.04. The summed E-state index contributed by atoms with van der Waals surface area (Å²) in [6.07, 6.45) is 0.0499. The van der Waals surface area contributed by atoms with Crippen molar-refractivity contribution in [3.63, 3.8) is 0 Å². The van der Waals surface area contributed by atoms with Crippen molar-refractivity contribution in [3.05, 3.63) is 57.6 Å². The zero-order valence-corrected chi connectivity index (χ0v) is 17.5. The average Bonchev–Trinajstić information content (AvgIpc) is 3.04. The van der Waals surface area contributed by atoms with Crippen molar-refractivity contribution < 1.29 is 19.1 Å². The minimum Gasteiger partial charge on any atom is -0.455 e. The van der Waals surface area contributed by atoms with E-state index in [1.165, 1.54) is 6.07 Å². The van der Waals surface area contributed by atoms with Crippen LogP contribution in [0.5, 0.6) is 0 Å². The van der Waals surface area contributed by atoms with E-state index in [0.717, 1.165) is 16.8 Å². The van der Waals surface area contributed by atoms with Gasteiger partial charge in [-0.05, 0) is 43.2 Å². The Morgan fingerprint density at radius 2 is 1.86 bits per heavy atom. The van der Waals surface area contributed by atoms with Crippen LogP contribution in [0.4, 0.5) is 11.4 Å². The second-order valence-corrected chi connectivity index (χ2v) is 7.77. The van der Waals surface area contributed by atoms with E-state index in [9.17, 15) is 14.4 Å². The number of ether oxygens (including phenoxy) is 1. The molecule has 2 aromatic carbocycles. The molecule has 29 heavy (non-hydrogen) atoms. The van der Waals surface area contributed by atoms with Crippen molar-refractivity contribution in [2.75, 3.05) is 23.4 Å². The number of benzene rings is 2. The number of rotatable bonds is 5. The molecule has 1 N–H and O–H groups in total. The highest BCUT2D eigenvalue weighted by Crippen LogP contribution is 2.31. The van der Waals surface area contributed by atoms with Gasteiger partial charge >= 0.3 is 5.97 Å². The van der Waals surface area contributed by atoms with Gasteiger partial charge in [-0.2, -0.15) is 0 Å². The molecule has 1 aliphatic rings. The Balaban J connectivity index is 1.58. The molecule has 0 radical (unpaired) electrons. The third-order valence-electron chi connectivity index (χ3n) is 4.72. The van der Waals surface area contributed by atoms with Crippen LogP contribution in [0.25, 0.3) is 0 Å². The summed E-state index contributed by atoms with van der Waals surface area (Å²) in [7, 11) is 0. The summed E-state index contributed by atoms with van der Waals surface area (Å²) in [4.78, 5) is 38.5. The number of hydrogen-bond acceptors (Lipinski definition) is 4. The van der Waals surface area contributed by atoms with Crippen LogP contribution in [-0.2, 0) is 19.1 Å². The van der Waals surface area contributed by atoms with Crippen molar-refractivity contribution in [2.24, 2.45) is 5.92 Å². The van der Waals surface area contributed by atoms with Gasteiger partial charge in [0, 0.05) is 23.7 Å². The summed E-state index contributed by atoms with van der Waals surface area (Å²) in [6, 6.07) is 10.4. The van der Waals surface area contributed by atoms with Crippen molar-refractivity contribution in [1.82, 2.24) is 0 Å². The molecule has 2 amide bonds. The SMILES string of the molecule is Cc1cccc(C)c1N1C[C@@H](C(=O)OCC(=O)Nc2cc(Cl)ccc2Cl)CC1=O. The summed E-state index contributed by atoms with van der Waals surface area (Å²) in [5.41, 5.74) is 3.08. The molecule has 2 aromatic rings. The monoisotopic (exact) mass is 434 g/mol. The number of anilines is 2. The summed E-state index contributed by atoms with van der Waals surface area (Å²) in [5.74, 6) is -1.89. The Morgan fingerprint density at radius 1 is 1.17 bits per heavy atom. The van der Waals surface area contributed by atoms with Crippen LogP contribution in [0.15, 0.2) is 36.4 Å². The Hall–Kier alpha value is -2.57. The topological polar surface area (TPSA) is 75.7 Å². The predicted octanol–water partition coefficient (Wildman–Crippen LogP) is 4.15. The maximum atomic E-state index is 12.5. The molecule has 0 aromatic heterocycles. The van der Waals surface area contributed by atoms with E-state index in [4.69, 9.17) is 27.9 Å². The number of aryl methyl sites for hydroxylation is 2. The Kier molecular flexibility index (Phi) is 6.45. The van der Waals surface area contributed by atoms with Crippen LogP contribution in [0.1, 0.15) is 17.5 Å². The molecular formula is C21H20Cl2N2O4. The minimum absolute atomic E-state index is 0.0499. The molecule has 0 aliphatic carbocycles. The molecule has 8 heteroatoms. The van der Waals surface area contributed by atoms with Gasteiger partial charge in [-0.3, -0.25) is 14.4 Å². The summed E-state index contributed by atoms with van der Waals surface area (Å²) in [5, 5.41) is 3.28. The van der Waals surface area contributed by atoms with Crippen molar-refractivity contribution in [3.8, 4) is 0 Å². The first kappa shape index (κ1) is 21.1. The van der Waals surface area contributed by atoms with E-state index >= 15 is 0 Å². The normalized spacial score (nSPS) is 16.1. The number of hydrogen-bond donors (Lipinski definition) is 1. The predicted molar refractivity (Wildman–Crippen MR) is 112 cm³/mol. The number of nitrogens with one attached hydrogen (secondary N) is 1. The maximum absolute atomic E-state index is 12.5. The van der Waals surface area contributed by atoms with Gasteiger partial charge in [0.2, 0.25) is 5.91 Å². The van der Waals surface area contributed by atoms with E-state index in [0.29, 0.717) is 15.7 Å². The molecule has 0 unspecified atom stereocenters.